The van der Waals surface area contributed by atoms with Crippen LogP contribution in [0.25, 0.3) is 0 Å². The van der Waals surface area contributed by atoms with Crippen molar-refractivity contribution in [1.82, 2.24) is 10.9 Å². The van der Waals surface area contributed by atoms with Crippen molar-refractivity contribution in [3.63, 3.8) is 0 Å². The topological polar surface area (TPSA) is 76.7 Å². The molecule has 27 heavy (non-hydrogen) atoms. The summed E-state index contributed by atoms with van der Waals surface area (Å²) in [4.78, 5) is 24.1. The fraction of sp³-hybridized carbons (Fsp3) is 0.300. The van der Waals surface area contributed by atoms with Crippen molar-refractivity contribution in [3.8, 4) is 11.5 Å². The Morgan fingerprint density at radius 2 is 1.81 bits per heavy atom. The van der Waals surface area contributed by atoms with Crippen molar-refractivity contribution in [2.45, 2.75) is 32.8 Å². The highest BCUT2D eigenvalue weighted by molar-refractivity contribution is 9.10. The van der Waals surface area contributed by atoms with E-state index < -0.39 is 17.9 Å². The van der Waals surface area contributed by atoms with Gasteiger partial charge in [-0.3, -0.25) is 20.4 Å². The first kappa shape index (κ1) is 20.8. The number of amides is 2. The van der Waals surface area contributed by atoms with Gasteiger partial charge in [-0.15, -0.1) is 0 Å². The van der Waals surface area contributed by atoms with Crippen LogP contribution >= 0.6 is 15.9 Å². The minimum Gasteiger partial charge on any atom is -0.483 e. The van der Waals surface area contributed by atoms with Gasteiger partial charge in [-0.25, -0.2) is 0 Å². The molecule has 2 aromatic rings. The molecule has 1 unspecified atom stereocenters. The molecule has 0 bridgehead atoms. The van der Waals surface area contributed by atoms with E-state index in [4.69, 9.17) is 9.47 Å². The Morgan fingerprint density at radius 1 is 1.07 bits per heavy atom. The summed E-state index contributed by atoms with van der Waals surface area (Å²) in [5.74, 6) is 0.259. The van der Waals surface area contributed by atoms with E-state index in [-0.39, 0.29) is 6.61 Å². The van der Waals surface area contributed by atoms with Crippen LogP contribution in [0.2, 0.25) is 0 Å². The third-order valence-electron chi connectivity index (χ3n) is 3.77. The summed E-state index contributed by atoms with van der Waals surface area (Å²) in [6.45, 7) is 3.67. The Bertz CT molecular complexity index is 768. The summed E-state index contributed by atoms with van der Waals surface area (Å²) < 4.78 is 11.9. The normalized spacial score (nSPS) is 11.4. The van der Waals surface area contributed by atoms with Crippen molar-refractivity contribution in [2.75, 3.05) is 6.61 Å². The van der Waals surface area contributed by atoms with Crippen LogP contribution in [0.4, 0.5) is 0 Å². The van der Waals surface area contributed by atoms with E-state index >= 15 is 0 Å². The van der Waals surface area contributed by atoms with Gasteiger partial charge in [-0.1, -0.05) is 38.1 Å². The summed E-state index contributed by atoms with van der Waals surface area (Å²) >= 11 is 3.42. The molecule has 0 saturated carbocycles. The van der Waals surface area contributed by atoms with E-state index in [0.29, 0.717) is 17.9 Å². The van der Waals surface area contributed by atoms with Crippen LogP contribution in [-0.2, 0) is 16.0 Å². The molecule has 0 spiro atoms. The molecule has 0 saturated heterocycles. The maximum absolute atomic E-state index is 12.2. The lowest BCUT2D eigenvalue weighted by atomic mass is 10.2. The van der Waals surface area contributed by atoms with Gasteiger partial charge in [-0.2, -0.15) is 0 Å². The quantitative estimate of drug-likeness (QED) is 0.624. The van der Waals surface area contributed by atoms with Crippen molar-refractivity contribution < 1.29 is 19.1 Å². The van der Waals surface area contributed by atoms with Gasteiger partial charge in [0.05, 0.1) is 4.47 Å². The highest BCUT2D eigenvalue weighted by Crippen LogP contribution is 2.26. The average Bonchev–Trinajstić information content (AvgIpc) is 2.69. The van der Waals surface area contributed by atoms with Gasteiger partial charge in [-0.05, 0) is 58.6 Å². The molecule has 0 fully saturated rings. The summed E-state index contributed by atoms with van der Waals surface area (Å²) in [7, 11) is 0. The predicted molar refractivity (Wildman–Crippen MR) is 106 cm³/mol. The fourth-order valence-electron chi connectivity index (χ4n) is 2.26. The lowest BCUT2D eigenvalue weighted by molar-refractivity contribution is -0.134. The molecule has 2 N–H and O–H groups in total. The van der Waals surface area contributed by atoms with Crippen LogP contribution in [0.15, 0.2) is 53.0 Å². The molecule has 0 aliphatic rings. The molecule has 0 aromatic heterocycles. The van der Waals surface area contributed by atoms with Gasteiger partial charge in [0.1, 0.15) is 11.5 Å². The number of nitrogens with one attached hydrogen (secondary N) is 2. The van der Waals surface area contributed by atoms with Gasteiger partial charge in [0.2, 0.25) is 0 Å². The summed E-state index contributed by atoms with van der Waals surface area (Å²) in [5, 5.41) is 0. The molecule has 144 valence electrons. The SMILES string of the molecule is CCc1ccc(OCC(=O)NNC(=O)C(CC)Oc2ccccc2)c(Br)c1. The fourth-order valence-corrected chi connectivity index (χ4v) is 2.80. The lowest BCUT2D eigenvalue weighted by Gasteiger charge is -2.17. The molecule has 2 amide bonds. The van der Waals surface area contributed by atoms with Crippen LogP contribution in [0, 0.1) is 0 Å². The van der Waals surface area contributed by atoms with Gasteiger partial charge >= 0.3 is 0 Å². The van der Waals surface area contributed by atoms with E-state index in [0.717, 1.165) is 16.5 Å². The minimum atomic E-state index is -0.704. The third kappa shape index (κ3) is 6.60. The number of hydrogen-bond donors (Lipinski definition) is 2. The molecular weight excluding hydrogens is 412 g/mol. The van der Waals surface area contributed by atoms with Crippen LogP contribution in [0.3, 0.4) is 0 Å². The number of carbonyl (C=O) groups excluding carboxylic acids is 2. The minimum absolute atomic E-state index is 0.222. The van der Waals surface area contributed by atoms with E-state index in [1.807, 2.05) is 37.3 Å². The number of benzene rings is 2. The molecule has 7 heteroatoms. The maximum atomic E-state index is 12.2. The molecule has 1 atom stereocenters. The molecule has 0 heterocycles. The standard InChI is InChI=1S/C20H23BrN2O4/c1-3-14-10-11-18(16(21)12-14)26-13-19(24)22-23-20(25)17(4-2)27-15-8-6-5-7-9-15/h5-12,17H,3-4,13H2,1-2H3,(H,22,24)(H,23,25). The van der Waals surface area contributed by atoms with Crippen molar-refractivity contribution in [2.24, 2.45) is 0 Å². The predicted octanol–water partition coefficient (Wildman–Crippen LogP) is 3.40. The maximum Gasteiger partial charge on any atom is 0.279 e. The van der Waals surface area contributed by atoms with E-state index in [9.17, 15) is 9.59 Å². The van der Waals surface area contributed by atoms with Gasteiger partial charge in [0, 0.05) is 0 Å². The van der Waals surface area contributed by atoms with Gasteiger partial charge in [0.15, 0.2) is 12.7 Å². The smallest absolute Gasteiger partial charge is 0.279 e. The Hall–Kier alpha value is -2.54. The second kappa shape index (κ2) is 10.6. The van der Waals surface area contributed by atoms with Crippen molar-refractivity contribution in [1.29, 1.82) is 0 Å². The van der Waals surface area contributed by atoms with Crippen LogP contribution in [0.1, 0.15) is 25.8 Å². The molecule has 2 aromatic carbocycles. The Labute approximate surface area is 167 Å². The molecule has 0 radical (unpaired) electrons. The zero-order valence-corrected chi connectivity index (χ0v) is 16.9. The first-order chi connectivity index (χ1) is 13.0. The largest absolute Gasteiger partial charge is 0.483 e. The van der Waals surface area contributed by atoms with E-state index in [1.54, 1.807) is 18.2 Å². The summed E-state index contributed by atoms with van der Waals surface area (Å²) in [5.41, 5.74) is 5.87. The molecular formula is C20H23BrN2O4. The Morgan fingerprint density at radius 3 is 2.44 bits per heavy atom. The third-order valence-corrected chi connectivity index (χ3v) is 4.39. The van der Waals surface area contributed by atoms with E-state index in [2.05, 4.69) is 33.7 Å². The summed E-state index contributed by atoms with van der Waals surface area (Å²) in [6, 6.07) is 14.7. The first-order valence-corrected chi connectivity index (χ1v) is 9.54. The highest BCUT2D eigenvalue weighted by atomic mass is 79.9. The van der Waals surface area contributed by atoms with Crippen molar-refractivity contribution in [3.05, 3.63) is 58.6 Å². The highest BCUT2D eigenvalue weighted by Gasteiger charge is 2.19. The number of halogens is 1. The van der Waals surface area contributed by atoms with Crippen LogP contribution < -0.4 is 20.3 Å². The number of rotatable bonds is 8. The number of carbonyl (C=O) groups is 2. The number of hydrogen-bond acceptors (Lipinski definition) is 4. The Kier molecular flexibility index (Phi) is 8.13. The molecule has 6 nitrogen and oxygen atoms in total. The Balaban J connectivity index is 1.79. The van der Waals surface area contributed by atoms with Crippen LogP contribution in [0.5, 0.6) is 11.5 Å². The second-order valence-corrected chi connectivity index (χ2v) is 6.63. The molecule has 2 rings (SSSR count). The zero-order valence-electron chi connectivity index (χ0n) is 15.3. The van der Waals surface area contributed by atoms with Gasteiger partial charge < -0.3 is 9.47 Å². The second-order valence-electron chi connectivity index (χ2n) is 5.77. The number of ether oxygens (including phenoxy) is 2. The number of aryl methyl sites for hydroxylation is 1. The van der Waals surface area contributed by atoms with E-state index in [1.165, 1.54) is 0 Å². The molecule has 0 aliphatic heterocycles. The number of para-hydroxylation sites is 1. The average molecular weight is 435 g/mol. The molecule has 0 aliphatic carbocycles. The zero-order chi connectivity index (χ0) is 19.6. The lowest BCUT2D eigenvalue weighted by Crippen LogP contribution is -2.49. The van der Waals surface area contributed by atoms with Gasteiger partial charge in [0.25, 0.3) is 11.8 Å². The van der Waals surface area contributed by atoms with Crippen LogP contribution in [-0.4, -0.2) is 24.5 Å². The summed E-state index contributed by atoms with van der Waals surface area (Å²) in [6.07, 6.45) is 0.670. The first-order valence-electron chi connectivity index (χ1n) is 8.75. The monoisotopic (exact) mass is 434 g/mol. The number of hydrazine groups is 1. The van der Waals surface area contributed by atoms with Crippen molar-refractivity contribution >= 4 is 27.7 Å².